The monoisotopic (exact) mass is 527 g/mol. The Morgan fingerprint density at radius 3 is 2.35 bits per heavy atom. The van der Waals surface area contributed by atoms with Crippen LogP contribution in [0.2, 0.25) is 0 Å². The molecule has 2 heterocycles. The summed E-state index contributed by atoms with van der Waals surface area (Å²) in [7, 11) is 0. The predicted molar refractivity (Wildman–Crippen MR) is 142 cm³/mol. The first-order valence-electron chi connectivity index (χ1n) is 12.1. The van der Waals surface area contributed by atoms with Gasteiger partial charge in [0.15, 0.2) is 12.4 Å². The Labute approximate surface area is 220 Å². The number of carbonyl (C=O) groups is 3. The molecule has 0 radical (unpaired) electrons. The lowest BCUT2D eigenvalue weighted by atomic mass is 9.87. The third-order valence-electron chi connectivity index (χ3n) is 5.43. The van der Waals surface area contributed by atoms with Crippen molar-refractivity contribution in [3.63, 3.8) is 0 Å². The van der Waals surface area contributed by atoms with E-state index in [1.807, 2.05) is 31.2 Å². The van der Waals surface area contributed by atoms with Gasteiger partial charge in [-0.1, -0.05) is 39.8 Å². The van der Waals surface area contributed by atoms with E-state index in [1.54, 1.807) is 26.1 Å². The Morgan fingerprint density at radius 2 is 1.73 bits per heavy atom. The van der Waals surface area contributed by atoms with Crippen molar-refractivity contribution in [1.29, 1.82) is 0 Å². The van der Waals surface area contributed by atoms with Crippen LogP contribution >= 0.6 is 11.3 Å². The van der Waals surface area contributed by atoms with Crippen molar-refractivity contribution in [2.75, 3.05) is 18.5 Å². The molecule has 3 aromatic rings. The molecular formula is C27H33N3O6S. The number of aromatic nitrogens is 2. The number of amides is 1. The number of benzene rings is 1. The van der Waals surface area contributed by atoms with Gasteiger partial charge in [0.25, 0.3) is 5.91 Å². The maximum atomic E-state index is 12.9. The summed E-state index contributed by atoms with van der Waals surface area (Å²) in [6, 6.07) is 9.39. The SMILES string of the molecule is CCCOC(=O)c1c(NC(=O)c2ccn(COc3ccc(C(C)(C)C)cc3)n2)sc(C(=O)OCC)c1C. The highest BCUT2D eigenvalue weighted by molar-refractivity contribution is 7.18. The summed E-state index contributed by atoms with van der Waals surface area (Å²) in [5, 5.41) is 7.18. The van der Waals surface area contributed by atoms with Gasteiger partial charge in [-0.3, -0.25) is 4.79 Å². The molecule has 0 saturated heterocycles. The number of hydrogen-bond acceptors (Lipinski definition) is 8. The highest BCUT2D eigenvalue weighted by Crippen LogP contribution is 2.34. The molecule has 1 amide bonds. The number of esters is 2. The first-order chi connectivity index (χ1) is 17.5. The lowest BCUT2D eigenvalue weighted by molar-refractivity contribution is 0.0506. The Balaban J connectivity index is 1.73. The van der Waals surface area contributed by atoms with E-state index >= 15 is 0 Å². The molecule has 0 saturated carbocycles. The van der Waals surface area contributed by atoms with Crippen molar-refractivity contribution < 1.29 is 28.6 Å². The molecule has 0 spiro atoms. The maximum absolute atomic E-state index is 12.9. The molecular weight excluding hydrogens is 494 g/mol. The fourth-order valence-electron chi connectivity index (χ4n) is 3.42. The average Bonchev–Trinajstić information content (AvgIpc) is 3.45. The molecule has 10 heteroatoms. The minimum absolute atomic E-state index is 0.0492. The van der Waals surface area contributed by atoms with E-state index in [2.05, 4.69) is 31.2 Å². The van der Waals surface area contributed by atoms with Crippen LogP contribution in [0.1, 0.15) is 82.7 Å². The van der Waals surface area contributed by atoms with Gasteiger partial charge in [0, 0.05) is 6.20 Å². The fraction of sp³-hybridized carbons (Fsp3) is 0.407. The van der Waals surface area contributed by atoms with Crippen molar-refractivity contribution in [3.05, 3.63) is 63.8 Å². The summed E-state index contributed by atoms with van der Waals surface area (Å²) in [6.07, 6.45) is 2.26. The van der Waals surface area contributed by atoms with E-state index in [0.717, 1.165) is 11.3 Å². The van der Waals surface area contributed by atoms with Crippen molar-refractivity contribution in [1.82, 2.24) is 9.78 Å². The Morgan fingerprint density at radius 1 is 1.03 bits per heavy atom. The predicted octanol–water partition coefficient (Wildman–Crippen LogP) is 5.58. The molecule has 1 aromatic carbocycles. The van der Waals surface area contributed by atoms with Gasteiger partial charge < -0.3 is 19.5 Å². The quantitative estimate of drug-likeness (QED) is 0.343. The number of thiophene rings is 1. The van der Waals surface area contributed by atoms with Crippen LogP contribution in [0, 0.1) is 6.92 Å². The summed E-state index contributed by atoms with van der Waals surface area (Å²) in [5.41, 5.74) is 1.91. The highest BCUT2D eigenvalue weighted by atomic mass is 32.1. The van der Waals surface area contributed by atoms with Gasteiger partial charge >= 0.3 is 11.9 Å². The third-order valence-corrected chi connectivity index (χ3v) is 6.62. The minimum atomic E-state index is -0.613. The molecule has 0 atom stereocenters. The zero-order valence-electron chi connectivity index (χ0n) is 22.0. The number of nitrogens with one attached hydrogen (secondary N) is 1. The first kappa shape index (κ1) is 27.9. The van der Waals surface area contributed by atoms with Crippen LogP contribution in [0.15, 0.2) is 36.5 Å². The zero-order chi connectivity index (χ0) is 27.2. The second-order valence-corrected chi connectivity index (χ2v) is 10.4. The maximum Gasteiger partial charge on any atom is 0.348 e. The Kier molecular flexibility index (Phi) is 9.09. The molecule has 37 heavy (non-hydrogen) atoms. The van der Waals surface area contributed by atoms with Gasteiger partial charge in [-0.15, -0.1) is 11.3 Å². The van der Waals surface area contributed by atoms with E-state index in [1.165, 1.54) is 10.2 Å². The molecule has 2 aromatic heterocycles. The fourth-order valence-corrected chi connectivity index (χ4v) is 4.50. The second kappa shape index (κ2) is 12.1. The molecule has 0 bridgehead atoms. The summed E-state index contributed by atoms with van der Waals surface area (Å²) in [4.78, 5) is 38.3. The molecule has 0 fully saturated rings. The van der Waals surface area contributed by atoms with Crippen LogP contribution < -0.4 is 10.1 Å². The van der Waals surface area contributed by atoms with Crippen molar-refractivity contribution in [2.45, 2.75) is 60.1 Å². The molecule has 0 aliphatic carbocycles. The lowest BCUT2D eigenvalue weighted by Crippen LogP contribution is -2.16. The zero-order valence-corrected chi connectivity index (χ0v) is 22.9. The summed E-state index contributed by atoms with van der Waals surface area (Å²) in [6.45, 7) is 12.2. The normalized spacial score (nSPS) is 11.2. The smallest absolute Gasteiger partial charge is 0.348 e. The van der Waals surface area contributed by atoms with Gasteiger partial charge in [-0.05, 0) is 55.0 Å². The number of nitrogens with zero attached hydrogens (tertiary/aromatic N) is 2. The molecule has 3 rings (SSSR count). The Hall–Kier alpha value is -3.66. The van der Waals surface area contributed by atoms with Crippen LogP contribution in [-0.2, 0) is 21.6 Å². The van der Waals surface area contributed by atoms with Crippen LogP contribution in [0.25, 0.3) is 0 Å². The van der Waals surface area contributed by atoms with E-state index in [-0.39, 0.29) is 46.5 Å². The molecule has 0 aliphatic rings. The number of anilines is 1. The largest absolute Gasteiger partial charge is 0.471 e. The van der Waals surface area contributed by atoms with E-state index in [0.29, 0.717) is 17.7 Å². The number of hydrogen-bond donors (Lipinski definition) is 1. The van der Waals surface area contributed by atoms with Crippen molar-refractivity contribution in [3.8, 4) is 5.75 Å². The number of ether oxygens (including phenoxy) is 3. The lowest BCUT2D eigenvalue weighted by Gasteiger charge is -2.19. The van der Waals surface area contributed by atoms with Crippen LogP contribution in [0.4, 0.5) is 5.00 Å². The minimum Gasteiger partial charge on any atom is -0.471 e. The first-order valence-corrected chi connectivity index (χ1v) is 12.9. The van der Waals surface area contributed by atoms with Gasteiger partial charge in [0.1, 0.15) is 15.6 Å². The van der Waals surface area contributed by atoms with Crippen molar-refractivity contribution in [2.24, 2.45) is 0 Å². The number of carbonyl (C=O) groups excluding carboxylic acids is 3. The molecule has 198 valence electrons. The average molecular weight is 528 g/mol. The van der Waals surface area contributed by atoms with Crippen LogP contribution in [-0.4, -0.2) is 40.8 Å². The summed E-state index contributed by atoms with van der Waals surface area (Å²) in [5.74, 6) is -1.02. The molecule has 9 nitrogen and oxygen atoms in total. The van der Waals surface area contributed by atoms with Gasteiger partial charge in [0.2, 0.25) is 0 Å². The van der Waals surface area contributed by atoms with E-state index in [4.69, 9.17) is 14.2 Å². The second-order valence-electron chi connectivity index (χ2n) is 9.36. The summed E-state index contributed by atoms with van der Waals surface area (Å²) >= 11 is 0.969. The summed E-state index contributed by atoms with van der Waals surface area (Å²) < 4.78 is 17.6. The van der Waals surface area contributed by atoms with Gasteiger partial charge in [-0.2, -0.15) is 5.10 Å². The molecule has 0 unspecified atom stereocenters. The van der Waals surface area contributed by atoms with Crippen LogP contribution in [0.5, 0.6) is 5.75 Å². The highest BCUT2D eigenvalue weighted by Gasteiger charge is 2.28. The van der Waals surface area contributed by atoms with Crippen molar-refractivity contribution >= 4 is 34.2 Å². The van der Waals surface area contributed by atoms with Crippen LogP contribution in [0.3, 0.4) is 0 Å². The van der Waals surface area contributed by atoms with E-state index < -0.39 is 17.8 Å². The topological polar surface area (TPSA) is 109 Å². The van der Waals surface area contributed by atoms with E-state index in [9.17, 15) is 14.4 Å². The number of rotatable bonds is 10. The van der Waals surface area contributed by atoms with Gasteiger partial charge in [0.05, 0.1) is 18.8 Å². The molecule has 1 N–H and O–H groups in total. The van der Waals surface area contributed by atoms with Gasteiger partial charge in [-0.25, -0.2) is 14.3 Å². The Bertz CT molecular complexity index is 1250. The standard InChI is InChI=1S/C27H33N3O6S/c1-7-15-35-25(32)21-17(3)22(26(33)34-8-2)37-24(21)28-23(31)20-13-14-30(29-20)16-36-19-11-9-18(10-12-19)27(4,5)6/h9-14H,7-8,15-16H2,1-6H3,(H,28,31). The third kappa shape index (κ3) is 6.97. The molecule has 0 aliphatic heterocycles.